The van der Waals surface area contributed by atoms with Crippen LogP contribution in [0.25, 0.3) is 0 Å². The Bertz CT molecular complexity index is 945. The van der Waals surface area contributed by atoms with E-state index in [0.29, 0.717) is 12.2 Å². The van der Waals surface area contributed by atoms with E-state index < -0.39 is 11.7 Å². The summed E-state index contributed by atoms with van der Waals surface area (Å²) in [4.78, 5) is 6.76. The molecule has 0 atom stereocenters. The fourth-order valence-electron chi connectivity index (χ4n) is 3.09. The van der Waals surface area contributed by atoms with Crippen molar-refractivity contribution < 1.29 is 13.2 Å². The molecule has 0 radical (unpaired) electrons. The lowest BCUT2D eigenvalue weighted by molar-refractivity contribution is -0.137. The van der Waals surface area contributed by atoms with Gasteiger partial charge in [0.25, 0.3) is 0 Å². The van der Waals surface area contributed by atoms with Crippen molar-refractivity contribution in [2.24, 2.45) is 4.99 Å². The number of aliphatic imine (C=N–C) groups is 1. The normalized spacial score (nSPS) is 15.3. The summed E-state index contributed by atoms with van der Waals surface area (Å²) in [6.45, 7) is 0.574. The van der Waals surface area contributed by atoms with Gasteiger partial charge in [-0.3, -0.25) is 4.99 Å². The van der Waals surface area contributed by atoms with Crippen LogP contribution in [0.3, 0.4) is 0 Å². The molecule has 3 aromatic rings. The number of fused-ring (bicyclic) bond motifs is 1. The zero-order chi connectivity index (χ0) is 18.1. The molecule has 1 heterocycles. The smallest absolute Gasteiger partial charge is 0.335 e. The summed E-state index contributed by atoms with van der Waals surface area (Å²) in [6, 6.07) is 22.8. The molecule has 5 heteroatoms. The van der Waals surface area contributed by atoms with E-state index in [1.54, 1.807) is 0 Å². The van der Waals surface area contributed by atoms with Gasteiger partial charge in [-0.2, -0.15) is 13.2 Å². The van der Waals surface area contributed by atoms with Crippen molar-refractivity contribution in [1.29, 1.82) is 0 Å². The molecule has 0 N–H and O–H groups in total. The summed E-state index contributed by atoms with van der Waals surface area (Å²) >= 11 is 0. The van der Waals surface area contributed by atoms with E-state index in [4.69, 9.17) is 0 Å². The van der Waals surface area contributed by atoms with Gasteiger partial charge in [-0.15, -0.1) is 0 Å². The molecule has 0 unspecified atom stereocenters. The highest BCUT2D eigenvalue weighted by Crippen LogP contribution is 2.36. The third-order valence-corrected chi connectivity index (χ3v) is 4.34. The van der Waals surface area contributed by atoms with Gasteiger partial charge in [0.15, 0.2) is 0 Å². The van der Waals surface area contributed by atoms with E-state index in [-0.39, 0.29) is 0 Å². The predicted octanol–water partition coefficient (Wildman–Crippen LogP) is 5.98. The van der Waals surface area contributed by atoms with Crippen molar-refractivity contribution in [2.45, 2.75) is 6.18 Å². The van der Waals surface area contributed by atoms with Gasteiger partial charge in [-0.1, -0.05) is 36.4 Å². The largest absolute Gasteiger partial charge is 0.416 e. The molecule has 0 saturated carbocycles. The van der Waals surface area contributed by atoms with Gasteiger partial charge in [0, 0.05) is 11.3 Å². The Balaban J connectivity index is 1.70. The van der Waals surface area contributed by atoms with Crippen LogP contribution in [-0.2, 0) is 6.18 Å². The molecule has 4 rings (SSSR count). The van der Waals surface area contributed by atoms with Gasteiger partial charge in [-0.25, -0.2) is 0 Å². The van der Waals surface area contributed by atoms with Gasteiger partial charge < -0.3 is 4.90 Å². The standard InChI is InChI=1S/C21H15F3N2/c22-21(23,24)15-10-12-16(13-11-15)25-19-14-26(17-6-2-1-3-7-17)20-9-5-4-8-18(19)20/h1-13H,14H2. The van der Waals surface area contributed by atoms with Crippen LogP contribution >= 0.6 is 0 Å². The summed E-state index contributed by atoms with van der Waals surface area (Å²) in [7, 11) is 0. The molecule has 0 saturated heterocycles. The van der Waals surface area contributed by atoms with E-state index in [1.165, 1.54) is 12.1 Å². The Morgan fingerprint density at radius 2 is 1.42 bits per heavy atom. The Kier molecular flexibility index (Phi) is 3.99. The summed E-state index contributed by atoms with van der Waals surface area (Å²) in [5.41, 5.74) is 3.78. The monoisotopic (exact) mass is 352 g/mol. The van der Waals surface area contributed by atoms with Crippen LogP contribution in [0.2, 0.25) is 0 Å². The molecule has 1 aliphatic rings. The zero-order valence-electron chi connectivity index (χ0n) is 13.7. The van der Waals surface area contributed by atoms with Crippen molar-refractivity contribution in [1.82, 2.24) is 0 Å². The van der Waals surface area contributed by atoms with E-state index in [0.717, 1.165) is 34.8 Å². The number of para-hydroxylation sites is 2. The van der Waals surface area contributed by atoms with Crippen molar-refractivity contribution in [3.8, 4) is 0 Å². The van der Waals surface area contributed by atoms with Gasteiger partial charge in [0.1, 0.15) is 0 Å². The fraction of sp³-hybridized carbons (Fsp3) is 0.0952. The summed E-state index contributed by atoms with van der Waals surface area (Å²) < 4.78 is 38.2. The highest BCUT2D eigenvalue weighted by molar-refractivity contribution is 6.14. The average molecular weight is 352 g/mol. The number of alkyl halides is 3. The van der Waals surface area contributed by atoms with Crippen molar-refractivity contribution in [2.75, 3.05) is 11.4 Å². The molecule has 3 aromatic carbocycles. The van der Waals surface area contributed by atoms with Crippen molar-refractivity contribution in [3.05, 3.63) is 90.0 Å². The number of rotatable bonds is 2. The molecule has 0 fully saturated rings. The second kappa shape index (κ2) is 6.33. The quantitative estimate of drug-likeness (QED) is 0.554. The van der Waals surface area contributed by atoms with E-state index >= 15 is 0 Å². The van der Waals surface area contributed by atoms with Crippen LogP contribution in [-0.4, -0.2) is 12.3 Å². The molecule has 2 nitrogen and oxygen atoms in total. The number of nitrogens with zero attached hydrogens (tertiary/aromatic N) is 2. The minimum Gasteiger partial charge on any atom is -0.335 e. The lowest BCUT2D eigenvalue weighted by atomic mass is 10.1. The van der Waals surface area contributed by atoms with Crippen LogP contribution < -0.4 is 4.90 Å². The maximum absolute atomic E-state index is 12.7. The topological polar surface area (TPSA) is 15.6 Å². The molecule has 26 heavy (non-hydrogen) atoms. The predicted molar refractivity (Wildman–Crippen MR) is 97.5 cm³/mol. The Morgan fingerprint density at radius 1 is 0.769 bits per heavy atom. The average Bonchev–Trinajstić information content (AvgIpc) is 3.01. The Labute approximate surface area is 149 Å². The van der Waals surface area contributed by atoms with E-state index in [9.17, 15) is 13.2 Å². The van der Waals surface area contributed by atoms with Crippen LogP contribution in [0.15, 0.2) is 83.9 Å². The van der Waals surface area contributed by atoms with Crippen LogP contribution in [0, 0.1) is 0 Å². The number of hydrogen-bond donors (Lipinski definition) is 0. The Hall–Kier alpha value is -3.08. The molecule has 0 aromatic heterocycles. The fourth-order valence-corrected chi connectivity index (χ4v) is 3.09. The lowest BCUT2D eigenvalue weighted by Gasteiger charge is -2.18. The second-order valence-electron chi connectivity index (χ2n) is 6.04. The van der Waals surface area contributed by atoms with Gasteiger partial charge in [0.2, 0.25) is 0 Å². The molecule has 0 bridgehead atoms. The highest BCUT2D eigenvalue weighted by atomic mass is 19.4. The minimum absolute atomic E-state index is 0.512. The molecule has 0 aliphatic carbocycles. The zero-order valence-corrected chi connectivity index (χ0v) is 13.7. The Morgan fingerprint density at radius 3 is 2.12 bits per heavy atom. The molecular formula is C21H15F3N2. The maximum atomic E-state index is 12.7. The molecule has 130 valence electrons. The van der Waals surface area contributed by atoms with Crippen LogP contribution in [0.1, 0.15) is 11.1 Å². The van der Waals surface area contributed by atoms with Crippen molar-refractivity contribution >= 4 is 22.8 Å². The second-order valence-corrected chi connectivity index (χ2v) is 6.04. The molecular weight excluding hydrogens is 337 g/mol. The number of anilines is 2. The van der Waals surface area contributed by atoms with Gasteiger partial charge >= 0.3 is 6.18 Å². The maximum Gasteiger partial charge on any atom is 0.416 e. The third-order valence-electron chi connectivity index (χ3n) is 4.34. The highest BCUT2D eigenvalue weighted by Gasteiger charge is 2.30. The van der Waals surface area contributed by atoms with E-state index in [2.05, 4.69) is 9.89 Å². The first kappa shape index (κ1) is 16.4. The van der Waals surface area contributed by atoms with Gasteiger partial charge in [0.05, 0.1) is 29.2 Å². The number of benzene rings is 3. The molecule has 1 aliphatic heterocycles. The molecule has 0 amide bonds. The summed E-state index contributed by atoms with van der Waals surface area (Å²) in [5, 5.41) is 0. The van der Waals surface area contributed by atoms with Crippen LogP contribution in [0.5, 0.6) is 0 Å². The number of halogens is 3. The minimum atomic E-state index is -4.34. The first-order valence-electron chi connectivity index (χ1n) is 8.19. The SMILES string of the molecule is FC(F)(F)c1ccc(N=C2CN(c3ccccc3)c3ccccc32)cc1. The molecule has 0 spiro atoms. The first-order chi connectivity index (χ1) is 12.5. The first-order valence-corrected chi connectivity index (χ1v) is 8.19. The van der Waals surface area contributed by atoms with Gasteiger partial charge in [-0.05, 0) is 42.5 Å². The van der Waals surface area contributed by atoms with E-state index in [1.807, 2.05) is 54.6 Å². The lowest BCUT2D eigenvalue weighted by Crippen LogP contribution is -2.16. The summed E-state index contributed by atoms with van der Waals surface area (Å²) in [5.74, 6) is 0. The summed E-state index contributed by atoms with van der Waals surface area (Å²) in [6.07, 6.45) is -4.34. The van der Waals surface area contributed by atoms with Crippen LogP contribution in [0.4, 0.5) is 30.2 Å². The van der Waals surface area contributed by atoms with Crippen molar-refractivity contribution in [3.63, 3.8) is 0 Å². The third kappa shape index (κ3) is 3.08. The number of hydrogen-bond acceptors (Lipinski definition) is 2.